The van der Waals surface area contributed by atoms with E-state index >= 15 is 0 Å². The second kappa shape index (κ2) is 11.9. The number of amides is 1. The highest BCUT2D eigenvalue weighted by molar-refractivity contribution is 7.10. The molecule has 11 nitrogen and oxygen atoms in total. The monoisotopic (exact) mass is 591 g/mol. The lowest BCUT2D eigenvalue weighted by Crippen LogP contribution is -2.44. The van der Waals surface area contributed by atoms with Crippen molar-refractivity contribution in [3.05, 3.63) is 69.5 Å². The Morgan fingerprint density at radius 3 is 2.68 bits per heavy atom. The van der Waals surface area contributed by atoms with Gasteiger partial charge in [-0.05, 0) is 36.5 Å². The van der Waals surface area contributed by atoms with Crippen molar-refractivity contribution in [2.75, 3.05) is 67.3 Å². The second-order valence-corrected chi connectivity index (χ2v) is 11.3. The SMILES string of the molecule is COc1cc(N2CCN(C)CC2)c(NC(=O)c2cnccn2)cc1Nc1ncc(Cl)c(N2CCc3ccsc3C2)n1. The van der Waals surface area contributed by atoms with Crippen molar-refractivity contribution in [3.63, 3.8) is 0 Å². The minimum absolute atomic E-state index is 0.225. The molecule has 1 fully saturated rings. The Labute approximate surface area is 247 Å². The summed E-state index contributed by atoms with van der Waals surface area (Å²) in [7, 11) is 3.72. The van der Waals surface area contributed by atoms with Gasteiger partial charge in [0.25, 0.3) is 5.91 Å². The van der Waals surface area contributed by atoms with Crippen LogP contribution in [0.4, 0.5) is 28.8 Å². The quantitative estimate of drug-likeness (QED) is 0.323. The number of nitrogens with one attached hydrogen (secondary N) is 2. The fourth-order valence-electron chi connectivity index (χ4n) is 5.03. The highest BCUT2D eigenvalue weighted by Crippen LogP contribution is 2.39. The van der Waals surface area contributed by atoms with E-state index in [2.05, 4.69) is 58.8 Å². The van der Waals surface area contributed by atoms with Crippen molar-refractivity contribution >= 4 is 57.7 Å². The predicted molar refractivity (Wildman–Crippen MR) is 162 cm³/mol. The molecule has 0 saturated carbocycles. The van der Waals surface area contributed by atoms with Gasteiger partial charge < -0.3 is 30.1 Å². The fraction of sp³-hybridized carbons (Fsp3) is 0.321. The van der Waals surface area contributed by atoms with Crippen LogP contribution in [-0.4, -0.2) is 77.6 Å². The Bertz CT molecular complexity index is 1540. The molecule has 5 heterocycles. The largest absolute Gasteiger partial charge is 0.494 e. The molecule has 1 aromatic carbocycles. The van der Waals surface area contributed by atoms with Gasteiger partial charge in [0.2, 0.25) is 5.95 Å². The zero-order valence-corrected chi connectivity index (χ0v) is 24.4. The zero-order valence-electron chi connectivity index (χ0n) is 22.8. The molecule has 212 valence electrons. The average Bonchev–Trinajstić information content (AvgIpc) is 3.47. The third-order valence-electron chi connectivity index (χ3n) is 7.30. The van der Waals surface area contributed by atoms with Crippen LogP contribution in [0.5, 0.6) is 5.75 Å². The maximum absolute atomic E-state index is 13.1. The predicted octanol–water partition coefficient (Wildman–Crippen LogP) is 4.30. The molecule has 0 unspecified atom stereocenters. The molecule has 4 aromatic rings. The number of halogens is 1. The third kappa shape index (κ3) is 5.90. The number of aromatic nitrogens is 4. The van der Waals surface area contributed by atoms with Gasteiger partial charge in [-0.3, -0.25) is 9.78 Å². The molecule has 13 heteroatoms. The highest BCUT2D eigenvalue weighted by atomic mass is 35.5. The van der Waals surface area contributed by atoms with Crippen molar-refractivity contribution < 1.29 is 9.53 Å². The fourth-order valence-corrected chi connectivity index (χ4v) is 6.18. The van der Waals surface area contributed by atoms with E-state index in [1.807, 2.05) is 12.1 Å². The number of piperazine rings is 1. The van der Waals surface area contributed by atoms with E-state index in [1.165, 1.54) is 29.0 Å². The van der Waals surface area contributed by atoms with Gasteiger partial charge in [-0.2, -0.15) is 4.98 Å². The van der Waals surface area contributed by atoms with Crippen molar-refractivity contribution in [1.82, 2.24) is 24.8 Å². The van der Waals surface area contributed by atoms with Crippen LogP contribution in [0.3, 0.4) is 0 Å². The van der Waals surface area contributed by atoms with Gasteiger partial charge in [0.1, 0.15) is 16.5 Å². The highest BCUT2D eigenvalue weighted by Gasteiger charge is 2.24. The first-order chi connectivity index (χ1) is 20.0. The molecule has 0 atom stereocenters. The van der Waals surface area contributed by atoms with Crippen LogP contribution in [0.1, 0.15) is 20.9 Å². The van der Waals surface area contributed by atoms with E-state index < -0.39 is 0 Å². The van der Waals surface area contributed by atoms with E-state index in [9.17, 15) is 4.79 Å². The number of benzene rings is 1. The molecule has 1 amide bonds. The molecule has 2 N–H and O–H groups in total. The second-order valence-electron chi connectivity index (χ2n) is 9.94. The number of hydrogen-bond acceptors (Lipinski definition) is 11. The van der Waals surface area contributed by atoms with E-state index in [0.29, 0.717) is 33.9 Å². The van der Waals surface area contributed by atoms with Crippen molar-refractivity contribution in [3.8, 4) is 5.75 Å². The Kier molecular flexibility index (Phi) is 7.86. The number of rotatable bonds is 7. The lowest BCUT2D eigenvalue weighted by Gasteiger charge is -2.35. The van der Waals surface area contributed by atoms with Crippen LogP contribution in [0.25, 0.3) is 0 Å². The van der Waals surface area contributed by atoms with Gasteiger partial charge in [-0.1, -0.05) is 11.6 Å². The normalized spacial score (nSPS) is 15.4. The first-order valence-corrected chi connectivity index (χ1v) is 14.6. The number of likely N-dealkylation sites (N-methyl/N-ethyl adjacent to an activating group) is 1. The van der Waals surface area contributed by atoms with Crippen molar-refractivity contribution in [2.45, 2.75) is 13.0 Å². The summed E-state index contributed by atoms with van der Waals surface area (Å²) in [5.41, 5.74) is 3.69. The summed E-state index contributed by atoms with van der Waals surface area (Å²) in [5, 5.41) is 8.95. The lowest BCUT2D eigenvalue weighted by atomic mass is 10.1. The molecular weight excluding hydrogens is 562 g/mol. The molecule has 1 saturated heterocycles. The maximum Gasteiger partial charge on any atom is 0.275 e. The topological polar surface area (TPSA) is 112 Å². The van der Waals surface area contributed by atoms with Gasteiger partial charge in [-0.25, -0.2) is 9.97 Å². The van der Waals surface area contributed by atoms with Crippen LogP contribution in [0, 0.1) is 0 Å². The average molecular weight is 592 g/mol. The minimum Gasteiger partial charge on any atom is -0.494 e. The first-order valence-electron chi connectivity index (χ1n) is 13.3. The van der Waals surface area contributed by atoms with E-state index in [4.69, 9.17) is 21.3 Å². The van der Waals surface area contributed by atoms with Gasteiger partial charge in [0.15, 0.2) is 5.82 Å². The number of ether oxygens (including phenoxy) is 1. The summed E-state index contributed by atoms with van der Waals surface area (Å²) < 4.78 is 5.79. The molecule has 2 aliphatic rings. The molecule has 41 heavy (non-hydrogen) atoms. The molecule has 0 bridgehead atoms. The summed E-state index contributed by atoms with van der Waals surface area (Å²) in [6.07, 6.45) is 7.02. The molecule has 0 aliphatic carbocycles. The first kappa shape index (κ1) is 27.2. The number of carbonyl (C=O) groups is 1. The third-order valence-corrected chi connectivity index (χ3v) is 8.52. The summed E-state index contributed by atoms with van der Waals surface area (Å²) in [6, 6.07) is 5.96. The van der Waals surface area contributed by atoms with Gasteiger partial charge >= 0.3 is 0 Å². The number of anilines is 5. The standard InChI is InChI=1S/C28H30ClN9O2S/c1-36-8-10-37(11-9-36)23-14-24(40-2)21(13-20(23)33-27(39)22-16-30-5-6-31-22)34-28-32-15-19(29)26(35-28)38-7-3-18-4-12-41-25(18)17-38/h4-6,12-16H,3,7-11,17H2,1-2H3,(H,33,39)(H,32,34,35). The van der Waals surface area contributed by atoms with E-state index in [-0.39, 0.29) is 11.6 Å². The minimum atomic E-state index is -0.354. The van der Waals surface area contributed by atoms with Crippen LogP contribution in [-0.2, 0) is 13.0 Å². The molecule has 6 rings (SSSR count). The number of hydrogen-bond donors (Lipinski definition) is 2. The van der Waals surface area contributed by atoms with Crippen LogP contribution < -0.4 is 25.2 Å². The Morgan fingerprint density at radius 2 is 1.90 bits per heavy atom. The number of carbonyl (C=O) groups excluding carboxylic acids is 1. The van der Waals surface area contributed by atoms with Gasteiger partial charge in [0, 0.05) is 56.1 Å². The summed E-state index contributed by atoms with van der Waals surface area (Å²) in [4.78, 5) is 38.5. The summed E-state index contributed by atoms with van der Waals surface area (Å²) >= 11 is 8.32. The lowest BCUT2D eigenvalue weighted by molar-refractivity contribution is 0.102. The molecule has 3 aromatic heterocycles. The maximum atomic E-state index is 13.1. The number of methoxy groups -OCH3 is 1. The summed E-state index contributed by atoms with van der Waals surface area (Å²) in [5.74, 6) is 1.29. The number of thiophene rings is 1. The van der Waals surface area contributed by atoms with Gasteiger partial charge in [-0.15, -0.1) is 11.3 Å². The Balaban J connectivity index is 1.32. The smallest absolute Gasteiger partial charge is 0.275 e. The van der Waals surface area contributed by atoms with Crippen LogP contribution >= 0.6 is 22.9 Å². The van der Waals surface area contributed by atoms with Crippen LogP contribution in [0.2, 0.25) is 5.02 Å². The van der Waals surface area contributed by atoms with Crippen molar-refractivity contribution in [2.24, 2.45) is 0 Å². The number of nitrogens with zero attached hydrogens (tertiary/aromatic N) is 7. The van der Waals surface area contributed by atoms with E-state index in [1.54, 1.807) is 24.6 Å². The van der Waals surface area contributed by atoms with Crippen molar-refractivity contribution in [1.29, 1.82) is 0 Å². The Hall–Kier alpha value is -4.00. The molecule has 0 radical (unpaired) electrons. The van der Waals surface area contributed by atoms with E-state index in [0.717, 1.165) is 51.4 Å². The molecular formula is C28H30ClN9O2S. The van der Waals surface area contributed by atoms with Gasteiger partial charge in [0.05, 0.1) is 43.1 Å². The zero-order chi connectivity index (χ0) is 28.3. The van der Waals surface area contributed by atoms with Crippen LogP contribution in [0.15, 0.2) is 48.4 Å². The Morgan fingerprint density at radius 1 is 1.05 bits per heavy atom. The summed E-state index contributed by atoms with van der Waals surface area (Å²) in [6.45, 7) is 5.01. The molecule has 0 spiro atoms. The number of fused-ring (bicyclic) bond motifs is 1. The molecule has 2 aliphatic heterocycles.